The molecule has 0 saturated heterocycles. The Morgan fingerprint density at radius 3 is 2.35 bits per heavy atom. The van der Waals surface area contributed by atoms with Gasteiger partial charge in [-0.3, -0.25) is 0 Å². The molecular weight excluding hydrogens is 398 g/mol. The van der Waals surface area contributed by atoms with Crippen LogP contribution in [-0.4, -0.2) is 15.2 Å². The van der Waals surface area contributed by atoms with Gasteiger partial charge >= 0.3 is 0 Å². The Hall–Kier alpha value is -1.67. The van der Waals surface area contributed by atoms with Gasteiger partial charge in [0.15, 0.2) is 8.68 Å². The van der Waals surface area contributed by atoms with Crippen molar-refractivity contribution in [2.45, 2.75) is 20.2 Å². The van der Waals surface area contributed by atoms with E-state index < -0.39 is 0 Å². The van der Waals surface area contributed by atoms with Crippen LogP contribution in [0.4, 0.5) is 0 Å². The number of hydrogen-bond donors (Lipinski definition) is 0. The third-order valence-corrected chi connectivity index (χ3v) is 8.11. The second-order valence-corrected chi connectivity index (χ2v) is 9.97. The highest BCUT2D eigenvalue weighted by atomic mass is 32.2. The fraction of sp³-hybridized carbons (Fsp3) is 0.105. The summed E-state index contributed by atoms with van der Waals surface area (Å²) in [6.45, 7) is 3.78. The zero-order valence-electron chi connectivity index (χ0n) is 13.8. The summed E-state index contributed by atoms with van der Waals surface area (Å²) in [6, 6.07) is 16.7. The molecule has 2 aromatic carbocycles. The fourth-order valence-corrected chi connectivity index (χ4v) is 6.25. The van der Waals surface area contributed by atoms with Gasteiger partial charge in [0, 0.05) is 5.75 Å². The minimum absolute atomic E-state index is 0.835. The van der Waals surface area contributed by atoms with Gasteiger partial charge in [0.05, 0.1) is 16.0 Å². The summed E-state index contributed by atoms with van der Waals surface area (Å²) >= 11 is 6.83. The van der Waals surface area contributed by atoms with Crippen LogP contribution in [-0.2, 0) is 11.5 Å². The van der Waals surface area contributed by atoms with Gasteiger partial charge in [0.2, 0.25) is 0 Å². The molecule has 4 rings (SSSR count). The molecule has 7 heteroatoms. The van der Waals surface area contributed by atoms with Gasteiger partial charge in [-0.1, -0.05) is 83.9 Å². The monoisotopic (exact) mass is 413 g/mol. The molecule has 0 saturated carbocycles. The van der Waals surface area contributed by atoms with Gasteiger partial charge in [-0.15, -0.1) is 21.5 Å². The van der Waals surface area contributed by atoms with Crippen molar-refractivity contribution in [3.63, 3.8) is 0 Å². The first-order valence-corrected chi connectivity index (χ1v) is 11.6. The van der Waals surface area contributed by atoms with Crippen LogP contribution in [0.5, 0.6) is 0 Å². The molecule has 0 fully saturated rings. The number of para-hydroxylation sites is 1. The Labute approximate surface area is 168 Å². The van der Waals surface area contributed by atoms with Crippen LogP contribution in [0.15, 0.2) is 63.8 Å². The molecular formula is C19H15N3S4. The molecule has 2 heterocycles. The van der Waals surface area contributed by atoms with E-state index in [9.17, 15) is 0 Å². The van der Waals surface area contributed by atoms with Crippen LogP contribution in [0.25, 0.3) is 16.3 Å². The van der Waals surface area contributed by atoms with E-state index in [4.69, 9.17) is 0 Å². The Kier molecular flexibility index (Phi) is 5.69. The Balaban J connectivity index is 1.33. The summed E-state index contributed by atoms with van der Waals surface area (Å²) in [6.07, 6.45) is 1.86. The van der Waals surface area contributed by atoms with E-state index in [-0.39, 0.29) is 0 Å². The fourth-order valence-electron chi connectivity index (χ4n) is 2.31. The molecule has 3 nitrogen and oxygen atoms in total. The lowest BCUT2D eigenvalue weighted by Crippen LogP contribution is -1.81. The van der Waals surface area contributed by atoms with E-state index in [0.29, 0.717) is 0 Å². The average Bonchev–Trinajstić information content (AvgIpc) is 3.31. The van der Waals surface area contributed by atoms with Crippen molar-refractivity contribution < 1.29 is 0 Å². The number of thiazole rings is 1. The van der Waals surface area contributed by atoms with E-state index in [2.05, 4.69) is 64.2 Å². The van der Waals surface area contributed by atoms with Crippen LogP contribution in [0.3, 0.4) is 0 Å². The second kappa shape index (κ2) is 8.35. The zero-order valence-corrected chi connectivity index (χ0v) is 17.1. The maximum atomic E-state index is 4.67. The molecule has 130 valence electrons. The van der Waals surface area contributed by atoms with E-state index in [1.165, 1.54) is 10.3 Å². The van der Waals surface area contributed by atoms with Crippen LogP contribution in [0.1, 0.15) is 16.1 Å². The lowest BCUT2D eigenvalue weighted by molar-refractivity contribution is 0.954. The molecule has 0 radical (unpaired) electrons. The lowest BCUT2D eigenvalue weighted by atomic mass is 10.1. The maximum absolute atomic E-state index is 4.67. The maximum Gasteiger partial charge on any atom is 0.175 e. The van der Waals surface area contributed by atoms with Gasteiger partial charge in [0.1, 0.15) is 5.01 Å². The zero-order chi connectivity index (χ0) is 17.8. The quantitative estimate of drug-likeness (QED) is 0.329. The molecule has 2 aromatic heterocycles. The highest BCUT2D eigenvalue weighted by molar-refractivity contribution is 8.02. The first-order chi connectivity index (χ1) is 12.8. The molecule has 0 unspecified atom stereocenters. The molecule has 0 N–H and O–H groups in total. The predicted octanol–water partition coefficient (Wildman–Crippen LogP) is 6.38. The number of thioether (sulfide) groups is 2. The molecule has 26 heavy (non-hydrogen) atoms. The molecule has 0 spiro atoms. The largest absolute Gasteiger partial charge is 0.240 e. The average molecular weight is 414 g/mol. The van der Waals surface area contributed by atoms with Crippen LogP contribution in [0, 0.1) is 0 Å². The molecule has 0 aliphatic rings. The molecule has 0 amide bonds. The van der Waals surface area contributed by atoms with Crippen LogP contribution in [0.2, 0.25) is 0 Å². The summed E-state index contributed by atoms with van der Waals surface area (Å²) in [7, 11) is 0. The number of benzene rings is 2. The Morgan fingerprint density at radius 2 is 1.62 bits per heavy atom. The van der Waals surface area contributed by atoms with E-state index in [1.807, 2.05) is 12.1 Å². The number of fused-ring (bicyclic) bond motifs is 1. The van der Waals surface area contributed by atoms with Crippen LogP contribution >= 0.6 is 46.2 Å². The Morgan fingerprint density at radius 1 is 0.885 bits per heavy atom. The summed E-state index contributed by atoms with van der Waals surface area (Å²) in [5.74, 6) is 1.73. The third kappa shape index (κ3) is 4.35. The first kappa shape index (κ1) is 17.7. The summed E-state index contributed by atoms with van der Waals surface area (Å²) in [4.78, 5) is 4.67. The van der Waals surface area contributed by atoms with Gasteiger partial charge in [-0.05, 0) is 23.3 Å². The number of hydrogen-bond acceptors (Lipinski definition) is 7. The highest BCUT2D eigenvalue weighted by Crippen LogP contribution is 2.33. The standard InChI is InChI=1S/C19H15N3S4/c1-2-13-7-9-14(10-8-13)11-23-18-21-22-19(26-18)24-12-17-20-15-5-3-4-6-16(15)25-17/h2-10H,1,11-12H2. The molecule has 0 aliphatic heterocycles. The van der Waals surface area contributed by atoms with Gasteiger partial charge in [0.25, 0.3) is 0 Å². The smallest absolute Gasteiger partial charge is 0.175 e. The summed E-state index contributed by atoms with van der Waals surface area (Å²) in [5.41, 5.74) is 3.49. The Bertz CT molecular complexity index is 988. The van der Waals surface area contributed by atoms with E-state index in [1.54, 1.807) is 46.2 Å². The summed E-state index contributed by atoms with van der Waals surface area (Å²) in [5, 5.41) is 9.72. The molecule has 0 bridgehead atoms. The molecule has 0 aliphatic carbocycles. The first-order valence-electron chi connectivity index (χ1n) is 7.95. The van der Waals surface area contributed by atoms with Gasteiger partial charge in [-0.2, -0.15) is 0 Å². The summed E-state index contributed by atoms with van der Waals surface area (Å²) < 4.78 is 3.23. The molecule has 0 atom stereocenters. The van der Waals surface area contributed by atoms with E-state index in [0.717, 1.165) is 36.3 Å². The van der Waals surface area contributed by atoms with E-state index >= 15 is 0 Å². The van der Waals surface area contributed by atoms with Crippen LogP contribution < -0.4 is 0 Å². The van der Waals surface area contributed by atoms with Crippen molar-refractivity contribution >= 4 is 62.5 Å². The van der Waals surface area contributed by atoms with Gasteiger partial charge in [-0.25, -0.2) is 4.98 Å². The minimum atomic E-state index is 0.835. The normalized spacial score (nSPS) is 11.1. The third-order valence-electron chi connectivity index (χ3n) is 3.62. The van der Waals surface area contributed by atoms with Gasteiger partial charge < -0.3 is 0 Å². The number of aromatic nitrogens is 3. The van der Waals surface area contributed by atoms with Crippen molar-refractivity contribution in [3.8, 4) is 0 Å². The van der Waals surface area contributed by atoms with Crippen molar-refractivity contribution in [2.24, 2.45) is 0 Å². The second-order valence-electron chi connectivity index (χ2n) is 5.43. The SMILES string of the molecule is C=Cc1ccc(CSc2nnc(SCc3nc4ccccc4s3)s2)cc1. The highest BCUT2D eigenvalue weighted by Gasteiger charge is 2.09. The number of rotatable bonds is 7. The van der Waals surface area contributed by atoms with Crippen molar-refractivity contribution in [1.29, 1.82) is 0 Å². The van der Waals surface area contributed by atoms with Crippen molar-refractivity contribution in [3.05, 3.63) is 71.2 Å². The predicted molar refractivity (Wildman–Crippen MR) is 115 cm³/mol. The topological polar surface area (TPSA) is 38.7 Å². The minimum Gasteiger partial charge on any atom is -0.240 e. The van der Waals surface area contributed by atoms with Crippen molar-refractivity contribution in [2.75, 3.05) is 0 Å². The molecule has 4 aromatic rings. The number of nitrogens with zero attached hydrogens (tertiary/aromatic N) is 3. The van der Waals surface area contributed by atoms with Crippen molar-refractivity contribution in [1.82, 2.24) is 15.2 Å². The lowest BCUT2D eigenvalue weighted by Gasteiger charge is -1.99.